The van der Waals surface area contributed by atoms with Gasteiger partial charge in [-0.25, -0.2) is 5.43 Å². The zero-order chi connectivity index (χ0) is 12.1. The molecule has 90 valence electrons. The molecule has 2 aromatic rings. The molecule has 0 bridgehead atoms. The van der Waals surface area contributed by atoms with E-state index in [1.807, 2.05) is 19.1 Å². The number of nitrogens with one attached hydrogen (secondary N) is 1. The summed E-state index contributed by atoms with van der Waals surface area (Å²) >= 11 is 0. The zero-order valence-corrected chi connectivity index (χ0v) is 10.0. The van der Waals surface area contributed by atoms with Crippen molar-refractivity contribution in [1.29, 1.82) is 0 Å². The van der Waals surface area contributed by atoms with Crippen molar-refractivity contribution in [2.24, 2.45) is 5.84 Å². The maximum Gasteiger partial charge on any atom is 0.124 e. The van der Waals surface area contributed by atoms with Gasteiger partial charge < -0.3 is 4.42 Å². The van der Waals surface area contributed by atoms with Gasteiger partial charge in [-0.3, -0.25) is 5.84 Å². The van der Waals surface area contributed by atoms with E-state index in [4.69, 9.17) is 10.3 Å². The fourth-order valence-corrected chi connectivity index (χ4v) is 1.99. The van der Waals surface area contributed by atoms with Crippen LogP contribution in [-0.2, 0) is 6.42 Å². The molecule has 1 aromatic carbocycles. The summed E-state index contributed by atoms with van der Waals surface area (Å²) in [6, 6.07) is 12.4. The lowest BCUT2D eigenvalue weighted by molar-refractivity contribution is 0.398. The third kappa shape index (κ3) is 2.96. The number of hydrazine groups is 1. The standard InChI is InChI=1S/C14H18N2O/c1-11-9-10-17-14(11)13(16-15)8-7-12-5-3-2-4-6-12/h2-6,9-10,13,16H,7-8,15H2,1H3. The Morgan fingerprint density at radius 2 is 2.00 bits per heavy atom. The zero-order valence-electron chi connectivity index (χ0n) is 10.0. The Hall–Kier alpha value is -1.58. The highest BCUT2D eigenvalue weighted by Gasteiger charge is 2.15. The molecule has 0 aliphatic rings. The minimum atomic E-state index is 0.0743. The molecule has 0 aliphatic carbocycles. The largest absolute Gasteiger partial charge is 0.467 e. The second-order valence-corrected chi connectivity index (χ2v) is 4.21. The third-order valence-electron chi connectivity index (χ3n) is 2.98. The molecule has 17 heavy (non-hydrogen) atoms. The molecule has 3 nitrogen and oxygen atoms in total. The quantitative estimate of drug-likeness (QED) is 0.613. The first-order chi connectivity index (χ1) is 8.31. The summed E-state index contributed by atoms with van der Waals surface area (Å²) < 4.78 is 5.46. The fraction of sp³-hybridized carbons (Fsp3) is 0.286. The van der Waals surface area contributed by atoms with E-state index in [2.05, 4.69) is 29.7 Å². The van der Waals surface area contributed by atoms with Crippen molar-refractivity contribution in [1.82, 2.24) is 5.43 Å². The van der Waals surface area contributed by atoms with Crippen LogP contribution in [0.4, 0.5) is 0 Å². The number of hydrogen-bond acceptors (Lipinski definition) is 3. The Labute approximate surface area is 102 Å². The fourth-order valence-electron chi connectivity index (χ4n) is 1.99. The van der Waals surface area contributed by atoms with Crippen LogP contribution in [0, 0.1) is 6.92 Å². The van der Waals surface area contributed by atoms with E-state index < -0.39 is 0 Å². The van der Waals surface area contributed by atoms with Crippen LogP contribution in [0.2, 0.25) is 0 Å². The van der Waals surface area contributed by atoms with E-state index in [9.17, 15) is 0 Å². The summed E-state index contributed by atoms with van der Waals surface area (Å²) in [5, 5.41) is 0. The van der Waals surface area contributed by atoms with Gasteiger partial charge >= 0.3 is 0 Å². The van der Waals surface area contributed by atoms with Crippen molar-refractivity contribution in [3.05, 3.63) is 59.5 Å². The maximum absolute atomic E-state index is 5.59. The van der Waals surface area contributed by atoms with Crippen LogP contribution < -0.4 is 11.3 Å². The SMILES string of the molecule is Cc1ccoc1C(CCc1ccccc1)NN. The number of hydrogen-bond donors (Lipinski definition) is 2. The Balaban J connectivity index is 2.00. The number of furan rings is 1. The van der Waals surface area contributed by atoms with Crippen molar-refractivity contribution >= 4 is 0 Å². The van der Waals surface area contributed by atoms with E-state index in [0.717, 1.165) is 24.2 Å². The molecule has 0 saturated carbocycles. The van der Waals surface area contributed by atoms with E-state index in [0.29, 0.717) is 0 Å². The lowest BCUT2D eigenvalue weighted by Gasteiger charge is -2.14. The molecule has 3 N–H and O–H groups in total. The summed E-state index contributed by atoms with van der Waals surface area (Å²) in [7, 11) is 0. The van der Waals surface area contributed by atoms with Crippen molar-refractivity contribution in [3.8, 4) is 0 Å². The van der Waals surface area contributed by atoms with Crippen LogP contribution in [0.1, 0.15) is 29.3 Å². The monoisotopic (exact) mass is 230 g/mol. The summed E-state index contributed by atoms with van der Waals surface area (Å²) in [5.41, 5.74) is 5.28. The van der Waals surface area contributed by atoms with Gasteiger partial charge in [0.1, 0.15) is 5.76 Å². The molecule has 1 atom stereocenters. The highest BCUT2D eigenvalue weighted by molar-refractivity contribution is 5.19. The highest BCUT2D eigenvalue weighted by atomic mass is 16.3. The predicted octanol–water partition coefficient (Wildman–Crippen LogP) is 2.73. The van der Waals surface area contributed by atoms with E-state index in [1.54, 1.807) is 6.26 Å². The van der Waals surface area contributed by atoms with E-state index >= 15 is 0 Å². The highest BCUT2D eigenvalue weighted by Crippen LogP contribution is 2.22. The first-order valence-corrected chi connectivity index (χ1v) is 5.85. The Morgan fingerprint density at radius 1 is 1.24 bits per heavy atom. The first-order valence-electron chi connectivity index (χ1n) is 5.85. The van der Waals surface area contributed by atoms with Crippen LogP contribution in [0.5, 0.6) is 0 Å². The van der Waals surface area contributed by atoms with Crippen molar-refractivity contribution in [3.63, 3.8) is 0 Å². The Morgan fingerprint density at radius 3 is 2.59 bits per heavy atom. The lowest BCUT2D eigenvalue weighted by atomic mass is 10.0. The van der Waals surface area contributed by atoms with Crippen LogP contribution in [-0.4, -0.2) is 0 Å². The summed E-state index contributed by atoms with van der Waals surface area (Å²) in [6.07, 6.45) is 3.61. The average Bonchev–Trinajstić information content (AvgIpc) is 2.78. The Bertz CT molecular complexity index is 450. The van der Waals surface area contributed by atoms with E-state index in [1.165, 1.54) is 5.56 Å². The van der Waals surface area contributed by atoms with Gasteiger partial charge in [0, 0.05) is 0 Å². The van der Waals surface area contributed by atoms with E-state index in [-0.39, 0.29) is 6.04 Å². The van der Waals surface area contributed by atoms with Gasteiger partial charge in [-0.15, -0.1) is 0 Å². The molecule has 1 heterocycles. The lowest BCUT2D eigenvalue weighted by Crippen LogP contribution is -2.28. The first kappa shape index (κ1) is 11.9. The van der Waals surface area contributed by atoms with Gasteiger partial charge in [0.25, 0.3) is 0 Å². The van der Waals surface area contributed by atoms with Crippen LogP contribution in [0.3, 0.4) is 0 Å². The van der Waals surface area contributed by atoms with Crippen LogP contribution in [0.15, 0.2) is 47.1 Å². The topological polar surface area (TPSA) is 51.2 Å². The molecule has 1 aromatic heterocycles. The minimum absolute atomic E-state index is 0.0743. The van der Waals surface area contributed by atoms with Crippen molar-refractivity contribution < 1.29 is 4.42 Å². The normalized spacial score (nSPS) is 12.6. The van der Waals surface area contributed by atoms with Crippen molar-refractivity contribution in [2.75, 3.05) is 0 Å². The van der Waals surface area contributed by atoms with Crippen LogP contribution in [0.25, 0.3) is 0 Å². The number of aryl methyl sites for hydroxylation is 2. The maximum atomic E-state index is 5.59. The molecule has 1 unspecified atom stereocenters. The van der Waals surface area contributed by atoms with Gasteiger partial charge in [-0.1, -0.05) is 30.3 Å². The molecule has 3 heteroatoms. The van der Waals surface area contributed by atoms with Gasteiger partial charge in [0.05, 0.1) is 12.3 Å². The number of rotatable bonds is 5. The van der Waals surface area contributed by atoms with Gasteiger partial charge in [-0.2, -0.15) is 0 Å². The molecule has 0 amide bonds. The average molecular weight is 230 g/mol. The van der Waals surface area contributed by atoms with Gasteiger partial charge in [-0.05, 0) is 37.0 Å². The van der Waals surface area contributed by atoms with Gasteiger partial charge in [0.15, 0.2) is 0 Å². The molecular formula is C14H18N2O. The summed E-state index contributed by atoms with van der Waals surface area (Å²) in [6.45, 7) is 2.03. The third-order valence-corrected chi connectivity index (χ3v) is 2.98. The molecule has 0 spiro atoms. The van der Waals surface area contributed by atoms with Crippen LogP contribution >= 0.6 is 0 Å². The molecule has 0 fully saturated rings. The van der Waals surface area contributed by atoms with Crippen molar-refractivity contribution in [2.45, 2.75) is 25.8 Å². The number of nitrogens with two attached hydrogens (primary N) is 1. The molecule has 0 aliphatic heterocycles. The smallest absolute Gasteiger partial charge is 0.124 e. The Kier molecular flexibility index (Phi) is 3.96. The summed E-state index contributed by atoms with van der Waals surface area (Å²) in [4.78, 5) is 0. The molecule has 0 saturated heterocycles. The second-order valence-electron chi connectivity index (χ2n) is 4.21. The minimum Gasteiger partial charge on any atom is -0.467 e. The number of benzene rings is 1. The predicted molar refractivity (Wildman–Crippen MR) is 68.3 cm³/mol. The second kappa shape index (κ2) is 5.66. The molecule has 0 radical (unpaired) electrons. The molecular weight excluding hydrogens is 212 g/mol. The molecule has 2 rings (SSSR count). The van der Waals surface area contributed by atoms with Gasteiger partial charge in [0.2, 0.25) is 0 Å². The summed E-state index contributed by atoms with van der Waals surface area (Å²) in [5.74, 6) is 6.52.